The van der Waals surface area contributed by atoms with E-state index in [2.05, 4.69) is 4.72 Å². The third kappa shape index (κ3) is 6.37. The summed E-state index contributed by atoms with van der Waals surface area (Å²) in [6, 6.07) is 14.1. The standard InChI is InChI=1S/C18H19F3N2O3S/c1-13(14-5-3-2-4-6-14)11-23-27(25,26)16-9-7-15(8-10-16)17(24)22-12-18(19,20)21/h2-10,13,23H,11-12H2,1H3,(H,22,24)/t13-/m0/s1. The summed E-state index contributed by atoms with van der Waals surface area (Å²) >= 11 is 0. The van der Waals surface area contributed by atoms with Crippen LogP contribution in [0, 0.1) is 0 Å². The highest BCUT2D eigenvalue weighted by Crippen LogP contribution is 2.16. The second-order valence-electron chi connectivity index (χ2n) is 5.99. The van der Waals surface area contributed by atoms with Gasteiger partial charge in [0, 0.05) is 12.1 Å². The topological polar surface area (TPSA) is 75.3 Å². The first-order valence-electron chi connectivity index (χ1n) is 8.08. The van der Waals surface area contributed by atoms with Gasteiger partial charge in [-0.3, -0.25) is 4.79 Å². The minimum Gasteiger partial charge on any atom is -0.343 e. The van der Waals surface area contributed by atoms with Crippen molar-refractivity contribution in [3.05, 3.63) is 65.7 Å². The Labute approximate surface area is 155 Å². The van der Waals surface area contributed by atoms with Gasteiger partial charge in [0.05, 0.1) is 4.90 Å². The molecule has 0 aliphatic heterocycles. The minimum absolute atomic E-state index is 0.0478. The molecule has 0 fully saturated rings. The number of rotatable bonds is 7. The van der Waals surface area contributed by atoms with Crippen LogP contribution in [0.2, 0.25) is 0 Å². The van der Waals surface area contributed by atoms with Crippen LogP contribution < -0.4 is 10.0 Å². The molecule has 0 aliphatic rings. The molecule has 0 radical (unpaired) electrons. The zero-order chi connectivity index (χ0) is 20.1. The van der Waals surface area contributed by atoms with E-state index in [4.69, 9.17) is 0 Å². The van der Waals surface area contributed by atoms with Crippen molar-refractivity contribution in [2.24, 2.45) is 0 Å². The van der Waals surface area contributed by atoms with Crippen LogP contribution in [0.3, 0.4) is 0 Å². The fraction of sp³-hybridized carbons (Fsp3) is 0.278. The maximum atomic E-state index is 12.3. The number of sulfonamides is 1. The molecule has 0 heterocycles. The summed E-state index contributed by atoms with van der Waals surface area (Å²) in [7, 11) is -3.80. The first-order chi connectivity index (χ1) is 12.6. The molecule has 1 amide bonds. The van der Waals surface area contributed by atoms with Crippen molar-refractivity contribution >= 4 is 15.9 Å². The van der Waals surface area contributed by atoms with Crippen molar-refractivity contribution in [1.29, 1.82) is 0 Å². The van der Waals surface area contributed by atoms with Crippen molar-refractivity contribution in [3.63, 3.8) is 0 Å². The number of hydrogen-bond acceptors (Lipinski definition) is 3. The fourth-order valence-corrected chi connectivity index (χ4v) is 3.42. The van der Waals surface area contributed by atoms with E-state index >= 15 is 0 Å². The Morgan fingerprint density at radius 3 is 2.19 bits per heavy atom. The van der Waals surface area contributed by atoms with Crippen molar-refractivity contribution in [1.82, 2.24) is 10.0 Å². The van der Waals surface area contributed by atoms with Gasteiger partial charge < -0.3 is 5.32 Å². The van der Waals surface area contributed by atoms with Gasteiger partial charge in [0.1, 0.15) is 6.54 Å². The molecule has 0 bridgehead atoms. The lowest BCUT2D eigenvalue weighted by molar-refractivity contribution is -0.123. The minimum atomic E-state index is -4.52. The summed E-state index contributed by atoms with van der Waals surface area (Å²) in [5.41, 5.74) is 0.924. The normalized spacial score (nSPS) is 13.2. The van der Waals surface area contributed by atoms with Crippen LogP contribution in [0.25, 0.3) is 0 Å². The molecule has 2 aromatic rings. The highest BCUT2D eigenvalue weighted by Gasteiger charge is 2.28. The average molecular weight is 400 g/mol. The van der Waals surface area contributed by atoms with E-state index in [9.17, 15) is 26.4 Å². The van der Waals surface area contributed by atoms with E-state index in [1.54, 1.807) is 5.32 Å². The smallest absolute Gasteiger partial charge is 0.343 e. The van der Waals surface area contributed by atoms with Crippen LogP contribution in [0.1, 0.15) is 28.8 Å². The zero-order valence-corrected chi connectivity index (χ0v) is 15.3. The summed E-state index contributed by atoms with van der Waals surface area (Å²) in [6.45, 7) is 0.608. The number of nitrogens with one attached hydrogen (secondary N) is 2. The Morgan fingerprint density at radius 2 is 1.63 bits per heavy atom. The Hall–Kier alpha value is -2.39. The van der Waals surface area contributed by atoms with E-state index < -0.39 is 28.7 Å². The molecular formula is C18H19F3N2O3S. The third-order valence-electron chi connectivity index (χ3n) is 3.82. The van der Waals surface area contributed by atoms with E-state index in [1.807, 2.05) is 37.3 Å². The van der Waals surface area contributed by atoms with E-state index in [-0.39, 0.29) is 22.9 Å². The Bertz CT molecular complexity index is 867. The van der Waals surface area contributed by atoms with Gasteiger partial charge in [-0.2, -0.15) is 13.2 Å². The summed E-state index contributed by atoms with van der Waals surface area (Å²) < 4.78 is 63.5. The molecule has 2 rings (SSSR count). The monoisotopic (exact) mass is 400 g/mol. The number of carbonyl (C=O) groups is 1. The molecule has 0 aliphatic carbocycles. The van der Waals surface area contributed by atoms with Crippen LogP contribution in [0.15, 0.2) is 59.5 Å². The largest absolute Gasteiger partial charge is 0.405 e. The van der Waals surface area contributed by atoms with E-state index in [0.717, 1.165) is 5.56 Å². The third-order valence-corrected chi connectivity index (χ3v) is 5.26. The first kappa shape index (κ1) is 20.9. The molecule has 0 aromatic heterocycles. The second-order valence-corrected chi connectivity index (χ2v) is 7.75. The van der Waals surface area contributed by atoms with Gasteiger partial charge in [-0.05, 0) is 35.7 Å². The number of halogens is 3. The molecule has 0 saturated carbocycles. The maximum Gasteiger partial charge on any atom is 0.405 e. The van der Waals surface area contributed by atoms with Crippen molar-refractivity contribution in [3.8, 4) is 0 Å². The van der Waals surface area contributed by atoms with Crippen LogP contribution in [-0.4, -0.2) is 33.6 Å². The Kier molecular flexibility index (Phi) is 6.61. The molecule has 2 aromatic carbocycles. The van der Waals surface area contributed by atoms with Gasteiger partial charge in [-0.25, -0.2) is 13.1 Å². The average Bonchev–Trinajstić information content (AvgIpc) is 2.64. The number of alkyl halides is 3. The van der Waals surface area contributed by atoms with Gasteiger partial charge in [-0.15, -0.1) is 0 Å². The molecule has 0 unspecified atom stereocenters. The van der Waals surface area contributed by atoms with Gasteiger partial charge in [-0.1, -0.05) is 37.3 Å². The van der Waals surface area contributed by atoms with Crippen molar-refractivity contribution in [2.45, 2.75) is 23.9 Å². The Balaban J connectivity index is 1.99. The Morgan fingerprint density at radius 1 is 1.04 bits per heavy atom. The maximum absolute atomic E-state index is 12.3. The number of carbonyl (C=O) groups excluding carboxylic acids is 1. The van der Waals surface area contributed by atoms with Gasteiger partial charge >= 0.3 is 6.18 Å². The van der Waals surface area contributed by atoms with Crippen molar-refractivity contribution in [2.75, 3.05) is 13.1 Å². The first-order valence-corrected chi connectivity index (χ1v) is 9.56. The lowest BCUT2D eigenvalue weighted by Crippen LogP contribution is -2.33. The van der Waals surface area contributed by atoms with E-state index in [1.165, 1.54) is 24.3 Å². The predicted molar refractivity (Wildman–Crippen MR) is 94.9 cm³/mol. The number of hydrogen-bond donors (Lipinski definition) is 2. The molecule has 1 atom stereocenters. The highest BCUT2D eigenvalue weighted by molar-refractivity contribution is 7.89. The molecule has 9 heteroatoms. The summed E-state index contributed by atoms with van der Waals surface area (Å²) in [6.07, 6.45) is -4.52. The summed E-state index contributed by atoms with van der Waals surface area (Å²) in [5, 5.41) is 1.73. The molecule has 0 spiro atoms. The number of benzene rings is 2. The van der Waals surface area contributed by atoms with Gasteiger partial charge in [0.15, 0.2) is 0 Å². The lowest BCUT2D eigenvalue weighted by atomic mass is 10.0. The van der Waals surface area contributed by atoms with Crippen LogP contribution in [-0.2, 0) is 10.0 Å². The van der Waals surface area contributed by atoms with Crippen LogP contribution >= 0.6 is 0 Å². The van der Waals surface area contributed by atoms with Gasteiger partial charge in [0.2, 0.25) is 10.0 Å². The fourth-order valence-electron chi connectivity index (χ4n) is 2.29. The summed E-state index contributed by atoms with van der Waals surface area (Å²) in [4.78, 5) is 11.6. The lowest BCUT2D eigenvalue weighted by Gasteiger charge is -2.13. The highest BCUT2D eigenvalue weighted by atomic mass is 32.2. The van der Waals surface area contributed by atoms with Crippen LogP contribution in [0.4, 0.5) is 13.2 Å². The quantitative estimate of drug-likeness (QED) is 0.750. The zero-order valence-electron chi connectivity index (χ0n) is 14.5. The summed E-state index contributed by atoms with van der Waals surface area (Å²) in [5.74, 6) is -0.977. The van der Waals surface area contributed by atoms with Gasteiger partial charge in [0.25, 0.3) is 5.91 Å². The molecule has 5 nitrogen and oxygen atoms in total. The predicted octanol–water partition coefficient (Wildman–Crippen LogP) is 3.06. The molecule has 27 heavy (non-hydrogen) atoms. The molecule has 0 saturated heterocycles. The second kappa shape index (κ2) is 8.53. The SMILES string of the molecule is C[C@@H](CNS(=O)(=O)c1ccc(C(=O)NCC(F)(F)F)cc1)c1ccccc1. The number of amides is 1. The van der Waals surface area contributed by atoms with Crippen molar-refractivity contribution < 1.29 is 26.4 Å². The van der Waals surface area contributed by atoms with Crippen LogP contribution in [0.5, 0.6) is 0 Å². The molecule has 146 valence electrons. The molecule has 2 N–H and O–H groups in total. The van der Waals surface area contributed by atoms with E-state index in [0.29, 0.717) is 0 Å². The molecular weight excluding hydrogens is 381 g/mol.